The smallest absolute Gasteiger partial charge is 0.352 e. The van der Waals surface area contributed by atoms with Crippen molar-refractivity contribution in [1.29, 1.82) is 0 Å². The minimum Gasteiger partial charge on any atom is -0.477 e. The summed E-state index contributed by atoms with van der Waals surface area (Å²) in [6, 6.07) is 2.68. The number of nitrogens with one attached hydrogen (secondary N) is 2. The maximum Gasteiger partial charge on any atom is 0.352 e. The number of oxime groups is 1. The Kier molecular flexibility index (Phi) is 6.96. The number of carbonyl (C=O) groups is 4. The summed E-state index contributed by atoms with van der Waals surface area (Å²) in [5, 5.41) is 21.0. The highest BCUT2D eigenvalue weighted by Gasteiger charge is 2.55. The van der Waals surface area contributed by atoms with E-state index < -0.39 is 29.2 Å². The summed E-state index contributed by atoms with van der Waals surface area (Å²) in [6.45, 7) is 0.224. The number of hydrogen-bond acceptors (Lipinski definition) is 12. The second-order valence-electron chi connectivity index (χ2n) is 7.96. The number of amides is 3. The first-order valence-corrected chi connectivity index (χ1v) is 13.6. The predicted octanol–water partition coefficient (Wildman–Crippen LogP) is -0.0199. The fourth-order valence-corrected chi connectivity index (χ4v) is 6.94. The summed E-state index contributed by atoms with van der Waals surface area (Å²) >= 11 is 3.62. The zero-order valence-corrected chi connectivity index (χ0v) is 21.9. The molecule has 0 radical (unpaired) electrons. The van der Waals surface area contributed by atoms with Crippen LogP contribution in [0.1, 0.15) is 5.82 Å². The van der Waals surface area contributed by atoms with Gasteiger partial charge in [-0.3, -0.25) is 19.3 Å². The van der Waals surface area contributed by atoms with Gasteiger partial charge >= 0.3 is 5.97 Å². The lowest BCUT2D eigenvalue weighted by Crippen LogP contribution is -2.71. The van der Waals surface area contributed by atoms with Crippen molar-refractivity contribution >= 4 is 85.6 Å². The van der Waals surface area contributed by atoms with Crippen molar-refractivity contribution in [3.63, 3.8) is 0 Å². The average molecular weight is 576 g/mol. The number of thiophene rings is 1. The zero-order chi connectivity index (χ0) is 27.0. The van der Waals surface area contributed by atoms with E-state index in [1.807, 2.05) is 16.8 Å². The summed E-state index contributed by atoms with van der Waals surface area (Å²) in [6.07, 6.45) is 2.41. The van der Waals surface area contributed by atoms with Gasteiger partial charge in [0.1, 0.15) is 24.2 Å². The molecule has 196 valence electrons. The van der Waals surface area contributed by atoms with Crippen molar-refractivity contribution in [2.45, 2.75) is 18.0 Å². The van der Waals surface area contributed by atoms with Crippen molar-refractivity contribution in [2.75, 3.05) is 23.9 Å². The fraction of sp³-hybridized carbons (Fsp3) is 0.238. The van der Waals surface area contributed by atoms with E-state index >= 15 is 0 Å². The second-order valence-corrected chi connectivity index (χ2v) is 10.7. The van der Waals surface area contributed by atoms with Gasteiger partial charge in [0.15, 0.2) is 17.9 Å². The molecule has 1 fully saturated rings. The van der Waals surface area contributed by atoms with Crippen LogP contribution in [0, 0.1) is 0 Å². The van der Waals surface area contributed by atoms with E-state index in [1.54, 1.807) is 11.4 Å². The number of nitrogen functional groups attached to an aromatic ring is 1. The predicted molar refractivity (Wildman–Crippen MR) is 139 cm³/mol. The first kappa shape index (κ1) is 25.6. The topological polar surface area (TPSA) is 193 Å². The highest BCUT2D eigenvalue weighted by molar-refractivity contribution is 8.00. The molecule has 3 aromatic heterocycles. The molecule has 5 heterocycles. The van der Waals surface area contributed by atoms with Crippen LogP contribution < -0.4 is 20.9 Å². The van der Waals surface area contributed by atoms with Gasteiger partial charge in [0, 0.05) is 34.3 Å². The SMILES string of the molecule is CO/N=C(\C(=O)NC1C(=O)N2C(C(=O)O)=C(C[n+]3cccc4c(NC=O)csc43)CS[C@H]12)c1nsc(N)n1. The molecule has 0 spiro atoms. The molecule has 0 aromatic carbocycles. The summed E-state index contributed by atoms with van der Waals surface area (Å²) in [4.78, 5) is 59.8. The molecule has 17 heteroatoms. The Balaban J connectivity index is 1.38. The number of aliphatic carboxylic acids is 1. The quantitative estimate of drug-likeness (QED) is 0.0886. The number of fused-ring (bicyclic) bond motifs is 2. The van der Waals surface area contributed by atoms with Gasteiger partial charge in [-0.1, -0.05) is 16.5 Å². The Morgan fingerprint density at radius 1 is 1.45 bits per heavy atom. The maximum atomic E-state index is 13.1. The van der Waals surface area contributed by atoms with Gasteiger partial charge in [-0.2, -0.15) is 13.9 Å². The van der Waals surface area contributed by atoms with Crippen LogP contribution in [0.15, 0.2) is 40.1 Å². The maximum absolute atomic E-state index is 13.1. The number of carbonyl (C=O) groups excluding carboxylic acids is 3. The molecule has 14 nitrogen and oxygen atoms in total. The lowest BCUT2D eigenvalue weighted by Gasteiger charge is -2.49. The number of β-lactam (4-membered cyclic amide) rings is 1. The van der Waals surface area contributed by atoms with E-state index in [1.165, 1.54) is 35.1 Å². The first-order chi connectivity index (χ1) is 18.3. The van der Waals surface area contributed by atoms with E-state index in [4.69, 9.17) is 10.6 Å². The molecule has 1 saturated heterocycles. The largest absolute Gasteiger partial charge is 0.477 e. The second kappa shape index (κ2) is 10.3. The fourth-order valence-electron chi connectivity index (χ4n) is 4.18. The summed E-state index contributed by atoms with van der Waals surface area (Å²) in [5.74, 6) is -2.29. The molecule has 3 amide bonds. The van der Waals surface area contributed by atoms with Crippen molar-refractivity contribution in [2.24, 2.45) is 5.16 Å². The van der Waals surface area contributed by atoms with Crippen LogP contribution in [-0.2, 0) is 30.6 Å². The molecule has 0 aliphatic carbocycles. The number of thioether (sulfide) groups is 1. The lowest BCUT2D eigenvalue weighted by atomic mass is 10.0. The van der Waals surface area contributed by atoms with E-state index in [2.05, 4.69) is 25.1 Å². The van der Waals surface area contributed by atoms with E-state index in [0.29, 0.717) is 23.4 Å². The molecule has 2 atom stereocenters. The Bertz CT molecular complexity index is 1530. The molecule has 5 rings (SSSR count). The number of carboxylic acid groups (broad SMARTS) is 1. The van der Waals surface area contributed by atoms with Crippen molar-refractivity contribution in [3.8, 4) is 0 Å². The van der Waals surface area contributed by atoms with Crippen LogP contribution in [0.3, 0.4) is 0 Å². The van der Waals surface area contributed by atoms with Gasteiger partial charge in [-0.05, 0) is 6.07 Å². The highest BCUT2D eigenvalue weighted by Crippen LogP contribution is 2.40. The van der Waals surface area contributed by atoms with Crippen LogP contribution in [0.4, 0.5) is 10.8 Å². The molecule has 2 aliphatic heterocycles. The zero-order valence-electron chi connectivity index (χ0n) is 19.5. The number of nitrogens with two attached hydrogens (primary N) is 1. The first-order valence-electron chi connectivity index (χ1n) is 10.9. The van der Waals surface area contributed by atoms with Gasteiger partial charge < -0.3 is 26.3 Å². The van der Waals surface area contributed by atoms with Crippen LogP contribution in [-0.4, -0.2) is 73.5 Å². The van der Waals surface area contributed by atoms with E-state index in [0.717, 1.165) is 21.7 Å². The molecule has 3 aromatic rings. The number of pyridine rings is 1. The van der Waals surface area contributed by atoms with Crippen molar-refractivity contribution in [1.82, 2.24) is 19.6 Å². The van der Waals surface area contributed by atoms with E-state index in [9.17, 15) is 24.3 Å². The monoisotopic (exact) mass is 575 g/mol. The van der Waals surface area contributed by atoms with Gasteiger partial charge in [-0.15, -0.1) is 11.8 Å². The molecule has 0 bridgehead atoms. The molecule has 38 heavy (non-hydrogen) atoms. The number of anilines is 2. The third kappa shape index (κ3) is 4.44. The Hall–Kier alpha value is -4.09. The molecule has 5 N–H and O–H groups in total. The highest BCUT2D eigenvalue weighted by atomic mass is 32.2. The molecule has 1 unspecified atom stereocenters. The lowest BCUT2D eigenvalue weighted by molar-refractivity contribution is -0.661. The number of rotatable bonds is 9. The van der Waals surface area contributed by atoms with Crippen LogP contribution in [0.5, 0.6) is 0 Å². The summed E-state index contributed by atoms with van der Waals surface area (Å²) in [5.41, 5.74) is 6.41. The standard InChI is InChI=1S/C21H18N8O6S3/c1-35-26-12(15-25-21(22)38-27-15)16(31)24-13-17(32)29-14(20(33)34)9(6-36-19(13)29)5-28-4-2-3-10-11(23-8-30)7-37-18(10)28/h2-4,7-8,13,19H,5-6H2,1H3,(H4-,22,23,24,25,27,30,31,33,34)/p+1/b26-12-/t13?,19-/m1/s1. The Morgan fingerprint density at radius 2 is 2.26 bits per heavy atom. The summed E-state index contributed by atoms with van der Waals surface area (Å²) < 4.78 is 5.83. The van der Waals surface area contributed by atoms with Gasteiger partial charge in [0.05, 0.1) is 11.1 Å². The number of nitrogens with zero attached hydrogens (tertiary/aromatic N) is 5. The van der Waals surface area contributed by atoms with E-state index in [-0.39, 0.29) is 28.9 Å². The van der Waals surface area contributed by atoms with Crippen LogP contribution in [0.2, 0.25) is 0 Å². The minimum absolute atomic E-state index is 0.0496. The van der Waals surface area contributed by atoms with Gasteiger partial charge in [-0.25, -0.2) is 4.79 Å². The molecule has 0 saturated carbocycles. The van der Waals surface area contributed by atoms with Crippen LogP contribution >= 0.6 is 34.6 Å². The minimum atomic E-state index is -1.24. The number of aromatic nitrogens is 3. The Labute approximate surface area is 226 Å². The van der Waals surface area contributed by atoms with Crippen molar-refractivity contribution < 1.29 is 33.7 Å². The summed E-state index contributed by atoms with van der Waals surface area (Å²) in [7, 11) is 1.25. The number of carboxylic acids is 1. The van der Waals surface area contributed by atoms with Gasteiger partial charge in [0.25, 0.3) is 16.6 Å². The molecular weight excluding hydrogens is 556 g/mol. The Morgan fingerprint density at radius 3 is 2.95 bits per heavy atom. The van der Waals surface area contributed by atoms with Crippen LogP contribution in [0.25, 0.3) is 10.2 Å². The van der Waals surface area contributed by atoms with Gasteiger partial charge in [0.2, 0.25) is 17.9 Å². The normalized spacial score (nSPS) is 19.1. The third-order valence-electron chi connectivity index (χ3n) is 5.76. The molecule has 2 aliphatic rings. The molecular formula is C21H19N8O6S3+. The third-order valence-corrected chi connectivity index (χ3v) is 8.68. The van der Waals surface area contributed by atoms with Crippen molar-refractivity contribution in [3.05, 3.63) is 40.8 Å². The average Bonchev–Trinajstić information content (AvgIpc) is 3.52. The number of hydrogen-bond donors (Lipinski definition) is 4.